The Kier molecular flexibility index (Phi) is 5.75. The minimum Gasteiger partial charge on any atom is -0.493 e. The van der Waals surface area contributed by atoms with Crippen molar-refractivity contribution in [3.05, 3.63) is 69.1 Å². The maximum Gasteiger partial charge on any atom is 0.336 e. The number of hydrogen-bond donors (Lipinski definition) is 0. The number of aliphatic imine (C=N–C) groups is 1. The molecule has 0 unspecified atom stereocenters. The van der Waals surface area contributed by atoms with Crippen LogP contribution < -0.4 is 15.1 Å². The van der Waals surface area contributed by atoms with Crippen LogP contribution in [0.15, 0.2) is 50.6 Å². The second kappa shape index (κ2) is 8.07. The molecule has 0 N–H and O–H groups in total. The van der Waals surface area contributed by atoms with E-state index in [-0.39, 0.29) is 18.0 Å². The first-order valence-electron chi connectivity index (χ1n) is 8.91. The minimum absolute atomic E-state index is 0. The second-order valence-electron chi connectivity index (χ2n) is 6.71. The van der Waals surface area contributed by atoms with Crippen LogP contribution in [0.4, 0.5) is 0 Å². The van der Waals surface area contributed by atoms with E-state index in [1.54, 1.807) is 20.3 Å². The Bertz CT molecular complexity index is 1120. The highest BCUT2D eigenvalue weighted by Crippen LogP contribution is 2.33. The van der Waals surface area contributed by atoms with Crippen LogP contribution >= 0.6 is 12.4 Å². The topological polar surface area (TPSA) is 61.0 Å². The number of ether oxygens (including phenoxy) is 2. The predicted octanol–water partition coefficient (Wildman–Crippen LogP) is 4.13. The van der Waals surface area contributed by atoms with Crippen molar-refractivity contribution in [2.75, 3.05) is 20.8 Å². The van der Waals surface area contributed by atoms with Crippen LogP contribution in [0.25, 0.3) is 11.0 Å². The number of aryl methyl sites for hydroxylation is 1. The molecule has 2 heterocycles. The van der Waals surface area contributed by atoms with Gasteiger partial charge in [0.15, 0.2) is 11.5 Å². The van der Waals surface area contributed by atoms with Gasteiger partial charge in [-0.15, -0.1) is 12.4 Å². The highest BCUT2D eigenvalue weighted by atomic mass is 35.5. The summed E-state index contributed by atoms with van der Waals surface area (Å²) in [4.78, 5) is 16.8. The van der Waals surface area contributed by atoms with Crippen molar-refractivity contribution < 1.29 is 13.9 Å². The lowest BCUT2D eigenvalue weighted by atomic mass is 9.92. The molecule has 4 rings (SSSR count). The number of fused-ring (bicyclic) bond motifs is 2. The summed E-state index contributed by atoms with van der Waals surface area (Å²) >= 11 is 0. The lowest BCUT2D eigenvalue weighted by Crippen LogP contribution is -2.17. The average Bonchev–Trinajstić information content (AvgIpc) is 2.67. The molecule has 1 aliphatic heterocycles. The number of benzene rings is 2. The molecule has 0 saturated carbocycles. The molecule has 0 spiro atoms. The van der Waals surface area contributed by atoms with Crippen molar-refractivity contribution in [2.24, 2.45) is 4.99 Å². The summed E-state index contributed by atoms with van der Waals surface area (Å²) in [5, 5.41) is 0.949. The molecule has 0 fully saturated rings. The number of halogens is 1. The third-order valence-electron chi connectivity index (χ3n) is 4.95. The summed E-state index contributed by atoms with van der Waals surface area (Å²) in [7, 11) is 3.27. The van der Waals surface area contributed by atoms with Crippen LogP contribution in [-0.2, 0) is 12.8 Å². The maximum atomic E-state index is 12.0. The van der Waals surface area contributed by atoms with Crippen LogP contribution in [0.1, 0.15) is 22.3 Å². The van der Waals surface area contributed by atoms with Gasteiger partial charge in [-0.1, -0.05) is 11.6 Å². The molecule has 3 aromatic rings. The van der Waals surface area contributed by atoms with Crippen molar-refractivity contribution in [1.29, 1.82) is 0 Å². The highest BCUT2D eigenvalue weighted by Gasteiger charge is 2.20. The van der Waals surface area contributed by atoms with Crippen molar-refractivity contribution in [3.8, 4) is 11.5 Å². The maximum absolute atomic E-state index is 12.0. The zero-order valence-corrected chi connectivity index (χ0v) is 16.9. The van der Waals surface area contributed by atoms with Gasteiger partial charge in [0, 0.05) is 35.7 Å². The van der Waals surface area contributed by atoms with E-state index in [4.69, 9.17) is 18.9 Å². The van der Waals surface area contributed by atoms with Gasteiger partial charge in [-0.3, -0.25) is 4.99 Å². The van der Waals surface area contributed by atoms with E-state index in [2.05, 4.69) is 0 Å². The quantitative estimate of drug-likeness (QED) is 0.619. The van der Waals surface area contributed by atoms with E-state index in [1.165, 1.54) is 5.56 Å². The molecule has 0 saturated heterocycles. The summed E-state index contributed by atoms with van der Waals surface area (Å²) in [5.41, 5.74) is 5.48. The van der Waals surface area contributed by atoms with Crippen molar-refractivity contribution >= 4 is 29.1 Å². The fourth-order valence-corrected chi connectivity index (χ4v) is 3.61. The number of methoxy groups -OCH3 is 2. The molecule has 1 aliphatic rings. The van der Waals surface area contributed by atoms with Gasteiger partial charge < -0.3 is 13.9 Å². The van der Waals surface area contributed by atoms with Crippen LogP contribution in [0.2, 0.25) is 0 Å². The summed E-state index contributed by atoms with van der Waals surface area (Å²) in [6.07, 6.45) is 1.42. The van der Waals surface area contributed by atoms with Gasteiger partial charge in [0.25, 0.3) is 0 Å². The molecular weight excluding hydrogens is 378 g/mol. The molecule has 1 aromatic heterocycles. The average molecular weight is 400 g/mol. The summed E-state index contributed by atoms with van der Waals surface area (Å²) in [5.74, 6) is 1.40. The largest absolute Gasteiger partial charge is 0.493 e. The fraction of sp³-hybridized carbons (Fsp3) is 0.273. The van der Waals surface area contributed by atoms with E-state index in [0.717, 1.165) is 46.5 Å². The second-order valence-corrected chi connectivity index (χ2v) is 6.71. The van der Waals surface area contributed by atoms with E-state index >= 15 is 0 Å². The van der Waals surface area contributed by atoms with Crippen LogP contribution in [0.5, 0.6) is 11.5 Å². The van der Waals surface area contributed by atoms with E-state index in [9.17, 15) is 4.79 Å². The molecule has 28 heavy (non-hydrogen) atoms. The molecule has 146 valence electrons. The Morgan fingerprint density at radius 1 is 1.07 bits per heavy atom. The van der Waals surface area contributed by atoms with Crippen LogP contribution in [0.3, 0.4) is 0 Å². The lowest BCUT2D eigenvalue weighted by Gasteiger charge is -2.20. The van der Waals surface area contributed by atoms with Gasteiger partial charge in [-0.25, -0.2) is 4.79 Å². The van der Waals surface area contributed by atoms with Crippen molar-refractivity contribution in [3.63, 3.8) is 0 Å². The monoisotopic (exact) mass is 399 g/mol. The first-order valence-corrected chi connectivity index (χ1v) is 8.91. The minimum atomic E-state index is -0.342. The molecule has 0 bridgehead atoms. The van der Waals surface area contributed by atoms with Crippen LogP contribution in [0, 0.1) is 6.92 Å². The van der Waals surface area contributed by atoms with Crippen LogP contribution in [-0.4, -0.2) is 26.5 Å². The van der Waals surface area contributed by atoms with Gasteiger partial charge in [0.1, 0.15) is 5.58 Å². The molecule has 5 nitrogen and oxygen atoms in total. The lowest BCUT2D eigenvalue weighted by molar-refractivity contribution is 0.354. The van der Waals surface area contributed by atoms with Gasteiger partial charge in [-0.05, 0) is 48.7 Å². The Morgan fingerprint density at radius 2 is 1.82 bits per heavy atom. The van der Waals surface area contributed by atoms with Crippen molar-refractivity contribution in [2.45, 2.75) is 19.8 Å². The molecule has 0 amide bonds. The smallest absolute Gasteiger partial charge is 0.336 e. The zero-order chi connectivity index (χ0) is 19.0. The van der Waals surface area contributed by atoms with Gasteiger partial charge in [0.05, 0.1) is 14.2 Å². The first kappa shape index (κ1) is 20.0. The third-order valence-corrected chi connectivity index (χ3v) is 4.95. The molecule has 2 aromatic carbocycles. The molecule has 6 heteroatoms. The Hall–Kier alpha value is -2.79. The summed E-state index contributed by atoms with van der Waals surface area (Å²) < 4.78 is 16.2. The highest BCUT2D eigenvalue weighted by molar-refractivity contribution is 6.05. The van der Waals surface area contributed by atoms with E-state index < -0.39 is 0 Å². The molecule has 0 aliphatic carbocycles. The standard InChI is InChI=1S/C22H21NO4.ClH/c1-13-4-5-19-17(8-13)15(11-22(24)27-19)9-18-16-12-21(26-3)20(25-2)10-14(16)6-7-23-18;/h4-5,8,10-12H,6-7,9H2,1-3H3;1H. The van der Waals surface area contributed by atoms with Crippen molar-refractivity contribution in [1.82, 2.24) is 0 Å². The number of nitrogens with zero attached hydrogens (tertiary/aromatic N) is 1. The summed E-state index contributed by atoms with van der Waals surface area (Å²) in [6.45, 7) is 2.75. The number of hydrogen-bond acceptors (Lipinski definition) is 5. The predicted molar refractivity (Wildman–Crippen MR) is 113 cm³/mol. The third kappa shape index (κ3) is 3.62. The SMILES string of the molecule is COc1cc2c(cc1OC)C(Cc1cc(=O)oc3ccc(C)cc13)=NCC2.Cl. The van der Waals surface area contributed by atoms with E-state index in [1.807, 2.05) is 37.3 Å². The molecule has 0 atom stereocenters. The molecular formula is C22H22ClNO4. The first-order chi connectivity index (χ1) is 13.1. The fourth-order valence-electron chi connectivity index (χ4n) is 3.61. The zero-order valence-electron chi connectivity index (χ0n) is 16.1. The Balaban J connectivity index is 0.00000225. The van der Waals surface area contributed by atoms with Gasteiger partial charge in [-0.2, -0.15) is 0 Å². The van der Waals surface area contributed by atoms with Gasteiger partial charge in [0.2, 0.25) is 0 Å². The summed E-state index contributed by atoms with van der Waals surface area (Å²) in [6, 6.07) is 11.4. The van der Waals surface area contributed by atoms with Gasteiger partial charge >= 0.3 is 5.63 Å². The Labute approximate surface area is 169 Å². The normalized spacial score (nSPS) is 12.8. The molecule has 0 radical (unpaired) electrons. The number of rotatable bonds is 4. The Morgan fingerprint density at radius 3 is 2.57 bits per heavy atom. The van der Waals surface area contributed by atoms with E-state index in [0.29, 0.717) is 17.8 Å².